The van der Waals surface area contributed by atoms with E-state index in [9.17, 15) is 4.79 Å². The average molecular weight is 263 g/mol. The minimum atomic E-state index is -0.531. The van der Waals surface area contributed by atoms with Crippen LogP contribution >= 0.6 is 0 Å². The van der Waals surface area contributed by atoms with Crippen LogP contribution in [0.3, 0.4) is 0 Å². The molecular formula is C15H21NO3. The molecule has 0 bridgehead atoms. The molecule has 1 fully saturated rings. The van der Waals surface area contributed by atoms with Gasteiger partial charge in [-0.1, -0.05) is 19.1 Å². The summed E-state index contributed by atoms with van der Waals surface area (Å²) in [5.41, 5.74) is 0.481. The first-order chi connectivity index (χ1) is 9.09. The summed E-state index contributed by atoms with van der Waals surface area (Å²) in [4.78, 5) is 13.9. The number of methoxy groups -OCH3 is 1. The maximum atomic E-state index is 11.7. The predicted molar refractivity (Wildman–Crippen MR) is 73.2 cm³/mol. The number of hydrogen-bond donors (Lipinski definition) is 0. The Hall–Kier alpha value is -1.55. The molecule has 1 aromatic carbocycles. The van der Waals surface area contributed by atoms with Gasteiger partial charge in [0.1, 0.15) is 5.75 Å². The fourth-order valence-electron chi connectivity index (χ4n) is 2.54. The van der Waals surface area contributed by atoms with E-state index in [2.05, 4.69) is 4.90 Å². The minimum Gasteiger partial charge on any atom is -0.497 e. The maximum Gasteiger partial charge on any atom is 0.306 e. The predicted octanol–water partition coefficient (Wildman–Crippen LogP) is 2.18. The van der Waals surface area contributed by atoms with Crippen LogP contribution in [0.25, 0.3) is 0 Å². The van der Waals surface area contributed by atoms with E-state index in [1.54, 1.807) is 7.11 Å². The molecular weight excluding hydrogens is 242 g/mol. The molecule has 0 radical (unpaired) electrons. The zero-order valence-corrected chi connectivity index (χ0v) is 11.8. The van der Waals surface area contributed by atoms with Gasteiger partial charge in [0, 0.05) is 31.5 Å². The Kier molecular flexibility index (Phi) is 4.10. The summed E-state index contributed by atoms with van der Waals surface area (Å²) in [6.45, 7) is 3.47. The first kappa shape index (κ1) is 13.9. The van der Waals surface area contributed by atoms with Gasteiger partial charge < -0.3 is 14.4 Å². The summed E-state index contributed by atoms with van der Waals surface area (Å²) in [5, 5.41) is 0. The van der Waals surface area contributed by atoms with E-state index in [-0.39, 0.29) is 5.97 Å². The first-order valence-corrected chi connectivity index (χ1v) is 6.64. The van der Waals surface area contributed by atoms with Crippen molar-refractivity contribution in [3.8, 4) is 5.75 Å². The number of carbonyl (C=O) groups is 1. The summed E-state index contributed by atoms with van der Waals surface area (Å²) in [5.74, 6) is 0.636. The number of esters is 1. The SMILES string of the molecule is CCC(=O)OC1(c2cccc(OC)c2)CCN(C)C1. The second-order valence-corrected chi connectivity index (χ2v) is 5.04. The third-order valence-corrected chi connectivity index (χ3v) is 3.62. The van der Waals surface area contributed by atoms with E-state index in [0.717, 1.165) is 30.8 Å². The molecule has 4 nitrogen and oxygen atoms in total. The molecule has 19 heavy (non-hydrogen) atoms. The number of rotatable bonds is 4. The van der Waals surface area contributed by atoms with E-state index in [0.29, 0.717) is 6.42 Å². The van der Waals surface area contributed by atoms with E-state index in [1.165, 1.54) is 0 Å². The van der Waals surface area contributed by atoms with Crippen LogP contribution in [0.5, 0.6) is 5.75 Å². The molecule has 1 aliphatic heterocycles. The quantitative estimate of drug-likeness (QED) is 0.780. The molecule has 1 unspecified atom stereocenters. The van der Waals surface area contributed by atoms with E-state index < -0.39 is 5.60 Å². The molecule has 0 amide bonds. The van der Waals surface area contributed by atoms with Crippen LogP contribution in [0.1, 0.15) is 25.3 Å². The van der Waals surface area contributed by atoms with Crippen molar-refractivity contribution in [2.45, 2.75) is 25.4 Å². The summed E-state index contributed by atoms with van der Waals surface area (Å²) in [6.07, 6.45) is 1.22. The van der Waals surface area contributed by atoms with Gasteiger partial charge >= 0.3 is 5.97 Å². The second-order valence-electron chi connectivity index (χ2n) is 5.04. The monoisotopic (exact) mass is 263 g/mol. The average Bonchev–Trinajstić information content (AvgIpc) is 2.81. The number of likely N-dealkylation sites (tertiary alicyclic amines) is 1. The van der Waals surface area contributed by atoms with Crippen LogP contribution < -0.4 is 4.74 Å². The van der Waals surface area contributed by atoms with E-state index >= 15 is 0 Å². The largest absolute Gasteiger partial charge is 0.497 e. The first-order valence-electron chi connectivity index (χ1n) is 6.64. The standard InChI is InChI=1S/C15H21NO3/c1-4-14(17)19-15(8-9-16(2)11-15)12-6-5-7-13(10-12)18-3/h5-7,10H,4,8-9,11H2,1-3H3. The van der Waals surface area contributed by atoms with Crippen molar-refractivity contribution in [2.24, 2.45) is 0 Å². The third kappa shape index (κ3) is 2.89. The molecule has 0 spiro atoms. The van der Waals surface area contributed by atoms with Gasteiger partial charge in [-0.3, -0.25) is 4.79 Å². The molecule has 0 aromatic heterocycles. The number of benzene rings is 1. The Balaban J connectivity index is 2.34. The molecule has 1 aliphatic rings. The summed E-state index contributed by atoms with van der Waals surface area (Å²) < 4.78 is 11.0. The Morgan fingerprint density at radius 2 is 2.26 bits per heavy atom. The molecule has 4 heteroatoms. The van der Waals surface area contributed by atoms with Gasteiger partial charge in [-0.05, 0) is 19.2 Å². The Morgan fingerprint density at radius 1 is 1.47 bits per heavy atom. The lowest BCUT2D eigenvalue weighted by Crippen LogP contribution is -2.35. The van der Waals surface area contributed by atoms with Crippen molar-refractivity contribution in [2.75, 3.05) is 27.2 Å². The Morgan fingerprint density at radius 3 is 2.84 bits per heavy atom. The van der Waals surface area contributed by atoms with Crippen molar-refractivity contribution < 1.29 is 14.3 Å². The van der Waals surface area contributed by atoms with Crippen LogP contribution in [0.15, 0.2) is 24.3 Å². The molecule has 0 aliphatic carbocycles. The normalized spacial score (nSPS) is 23.3. The number of ether oxygens (including phenoxy) is 2. The smallest absolute Gasteiger partial charge is 0.306 e. The van der Waals surface area contributed by atoms with E-state index in [1.807, 2.05) is 38.2 Å². The number of nitrogens with zero attached hydrogens (tertiary/aromatic N) is 1. The summed E-state index contributed by atoms with van der Waals surface area (Å²) in [7, 11) is 3.69. The highest BCUT2D eigenvalue weighted by Gasteiger charge is 2.42. The van der Waals surface area contributed by atoms with Crippen LogP contribution in [0, 0.1) is 0 Å². The molecule has 0 saturated carbocycles. The maximum absolute atomic E-state index is 11.7. The Labute approximate surface area is 114 Å². The Bertz CT molecular complexity index is 460. The van der Waals surface area contributed by atoms with Crippen molar-refractivity contribution in [3.05, 3.63) is 29.8 Å². The van der Waals surface area contributed by atoms with Gasteiger partial charge in [-0.25, -0.2) is 0 Å². The molecule has 2 rings (SSSR count). The molecule has 1 atom stereocenters. The number of carbonyl (C=O) groups excluding carboxylic acids is 1. The lowest BCUT2D eigenvalue weighted by Gasteiger charge is -2.29. The highest BCUT2D eigenvalue weighted by molar-refractivity contribution is 5.69. The van der Waals surface area contributed by atoms with Gasteiger partial charge in [0.2, 0.25) is 0 Å². The van der Waals surface area contributed by atoms with Gasteiger partial charge in [0.25, 0.3) is 0 Å². The molecule has 0 N–H and O–H groups in total. The molecule has 1 saturated heterocycles. The van der Waals surface area contributed by atoms with Crippen molar-refractivity contribution in [1.29, 1.82) is 0 Å². The summed E-state index contributed by atoms with van der Waals surface area (Å²) >= 11 is 0. The second kappa shape index (κ2) is 5.61. The fraction of sp³-hybridized carbons (Fsp3) is 0.533. The van der Waals surface area contributed by atoms with Gasteiger partial charge in [0.05, 0.1) is 7.11 Å². The lowest BCUT2D eigenvalue weighted by molar-refractivity contribution is -0.159. The van der Waals surface area contributed by atoms with Crippen LogP contribution in [0.4, 0.5) is 0 Å². The van der Waals surface area contributed by atoms with Gasteiger partial charge in [0.15, 0.2) is 5.60 Å². The lowest BCUT2D eigenvalue weighted by atomic mass is 9.92. The summed E-state index contributed by atoms with van der Waals surface area (Å²) in [6, 6.07) is 7.80. The van der Waals surface area contributed by atoms with Gasteiger partial charge in [-0.15, -0.1) is 0 Å². The highest BCUT2D eigenvalue weighted by atomic mass is 16.6. The van der Waals surface area contributed by atoms with Crippen LogP contribution in [-0.2, 0) is 15.1 Å². The number of likely N-dealkylation sites (N-methyl/N-ethyl adjacent to an activating group) is 1. The molecule has 1 heterocycles. The topological polar surface area (TPSA) is 38.8 Å². The molecule has 1 aromatic rings. The van der Waals surface area contributed by atoms with Crippen molar-refractivity contribution in [3.63, 3.8) is 0 Å². The zero-order valence-electron chi connectivity index (χ0n) is 11.8. The fourth-order valence-corrected chi connectivity index (χ4v) is 2.54. The van der Waals surface area contributed by atoms with Crippen molar-refractivity contribution in [1.82, 2.24) is 4.90 Å². The molecule has 104 valence electrons. The van der Waals surface area contributed by atoms with Gasteiger partial charge in [-0.2, -0.15) is 0 Å². The van der Waals surface area contributed by atoms with Crippen LogP contribution in [-0.4, -0.2) is 38.1 Å². The van der Waals surface area contributed by atoms with E-state index in [4.69, 9.17) is 9.47 Å². The van der Waals surface area contributed by atoms with Crippen LogP contribution in [0.2, 0.25) is 0 Å². The minimum absolute atomic E-state index is 0.155. The number of hydrogen-bond acceptors (Lipinski definition) is 4. The van der Waals surface area contributed by atoms with Crippen molar-refractivity contribution >= 4 is 5.97 Å². The highest BCUT2D eigenvalue weighted by Crippen LogP contribution is 2.37. The zero-order chi connectivity index (χ0) is 13.9. The third-order valence-electron chi connectivity index (χ3n) is 3.62.